The average molecular weight is 867 g/mol. The Labute approximate surface area is 412 Å². The van der Waals surface area contributed by atoms with E-state index in [1.54, 1.807) is 18.2 Å². The lowest BCUT2D eigenvalue weighted by molar-refractivity contribution is 1.18. The summed E-state index contributed by atoms with van der Waals surface area (Å²) in [6, 6.07) is 15.7. The Balaban J connectivity index is 1.19. The van der Waals surface area contributed by atoms with Crippen LogP contribution in [0.3, 0.4) is 0 Å². The number of aromatic nitrogens is 1. The van der Waals surface area contributed by atoms with Gasteiger partial charge in [-0.1, -0.05) is 176 Å². The maximum Gasteiger partial charge on any atom is 0.0645 e. The van der Waals surface area contributed by atoms with Gasteiger partial charge in [0.25, 0.3) is 0 Å². The molecule has 11 aromatic carbocycles. The van der Waals surface area contributed by atoms with Crippen LogP contribution in [0, 0.1) is 0 Å². The first kappa shape index (κ1) is 21.4. The van der Waals surface area contributed by atoms with Gasteiger partial charge in [0, 0.05) is 53.4 Å². The summed E-state index contributed by atoms with van der Waals surface area (Å²) in [6.07, 6.45) is 0. The Kier molecular flexibility index (Phi) is 5.02. The van der Waals surface area contributed by atoms with E-state index in [1.165, 1.54) is 11.3 Å². The van der Waals surface area contributed by atoms with Gasteiger partial charge in [0.05, 0.1) is 52.6 Å². The fraction of sp³-hybridized carbons (Fsp3) is 0. The fourth-order valence-electron chi connectivity index (χ4n) is 8.54. The minimum Gasteiger partial charge on any atom is -0.310 e. The van der Waals surface area contributed by atoms with E-state index >= 15 is 0 Å². The third-order valence-electron chi connectivity index (χ3n) is 11.4. The van der Waals surface area contributed by atoms with Gasteiger partial charge in [0.1, 0.15) is 0 Å². The molecule has 0 fully saturated rings. The second-order valence-electron chi connectivity index (χ2n) is 15.1. The Morgan fingerprint density at radius 1 is 0.400 bits per heavy atom. The molecule has 0 bridgehead atoms. The zero-order valence-electron chi connectivity index (χ0n) is 55.7. The molecule has 2 aromatic heterocycles. The van der Waals surface area contributed by atoms with E-state index in [1.807, 2.05) is 91.0 Å². The summed E-state index contributed by atoms with van der Waals surface area (Å²) < 4.78 is 207. The van der Waals surface area contributed by atoms with Gasteiger partial charge in [0.2, 0.25) is 0 Å². The zero-order chi connectivity index (χ0) is 62.0. The van der Waals surface area contributed by atoms with Crippen molar-refractivity contribution < 1.29 is 30.2 Å². The predicted octanol–water partition coefficient (Wildman–Crippen LogP) is 17.9. The van der Waals surface area contributed by atoms with E-state index in [4.69, 9.17) is 13.7 Å². The van der Waals surface area contributed by atoms with E-state index in [0.717, 1.165) is 36.8 Å². The van der Waals surface area contributed by atoms with Crippen LogP contribution in [0.2, 0.25) is 0 Å². The smallest absolute Gasteiger partial charge is 0.0645 e. The molecule has 0 N–H and O–H groups in total. The molecule has 0 amide bonds. The molecular weight excluding hydrogens is 805 g/mol. The van der Waals surface area contributed by atoms with Crippen LogP contribution in [0.25, 0.3) is 103 Å². The summed E-state index contributed by atoms with van der Waals surface area (Å²) in [5.41, 5.74) is -1.04. The molecule has 0 spiro atoms. The van der Waals surface area contributed by atoms with E-state index in [-0.39, 0.29) is 5.69 Å². The molecular formula is C62H40N2S. The number of hydrogen-bond donors (Lipinski definition) is 0. The van der Waals surface area contributed by atoms with Crippen LogP contribution in [0.5, 0.6) is 0 Å². The zero-order valence-corrected chi connectivity index (χ0v) is 34.5. The Hall–Kier alpha value is -8.24. The molecule has 0 atom stereocenters. The van der Waals surface area contributed by atoms with E-state index in [0.29, 0.717) is 26.9 Å². The average Bonchev–Trinajstić information content (AvgIpc) is 2.39. The van der Waals surface area contributed by atoms with Gasteiger partial charge < -0.3 is 9.47 Å². The number of fused-ring (bicyclic) bond motifs is 8. The predicted molar refractivity (Wildman–Crippen MR) is 280 cm³/mol. The number of nitrogens with zero attached hydrogens (tertiary/aromatic N) is 2. The number of hydrogen-bond acceptors (Lipinski definition) is 2. The summed E-state index contributed by atoms with van der Waals surface area (Å²) in [5.74, 6) is 0. The van der Waals surface area contributed by atoms with Crippen molar-refractivity contribution in [2.45, 2.75) is 0 Å². The fourth-order valence-corrected chi connectivity index (χ4v) is 9.80. The van der Waals surface area contributed by atoms with Crippen molar-refractivity contribution in [1.29, 1.82) is 0 Å². The van der Waals surface area contributed by atoms with Crippen LogP contribution in [-0.2, 0) is 0 Å². The molecule has 0 saturated carbocycles. The first-order valence-corrected chi connectivity index (χ1v) is 21.3. The summed E-state index contributed by atoms with van der Waals surface area (Å²) >= 11 is 1.37. The van der Waals surface area contributed by atoms with Crippen LogP contribution in [-0.4, -0.2) is 4.57 Å². The normalized spacial score (nSPS) is 16.4. The first-order valence-electron chi connectivity index (χ1n) is 31.5. The summed E-state index contributed by atoms with van der Waals surface area (Å²) in [5, 5.41) is 1.41. The van der Waals surface area contributed by atoms with Crippen LogP contribution in [0.4, 0.5) is 17.1 Å². The lowest BCUT2D eigenvalue weighted by Gasteiger charge is -2.29. The summed E-state index contributed by atoms with van der Waals surface area (Å²) in [7, 11) is 0. The van der Waals surface area contributed by atoms with Gasteiger partial charge in [-0.25, -0.2) is 0 Å². The van der Waals surface area contributed by atoms with Gasteiger partial charge in [-0.15, -0.1) is 11.3 Å². The molecule has 0 aliphatic heterocycles. The van der Waals surface area contributed by atoms with Gasteiger partial charge in [-0.2, -0.15) is 0 Å². The molecule has 0 aliphatic carbocycles. The maximum absolute atomic E-state index is 10.1. The lowest BCUT2D eigenvalue weighted by atomic mass is 9.96. The van der Waals surface area contributed by atoms with Crippen molar-refractivity contribution in [3.8, 4) is 39.1 Å². The highest BCUT2D eigenvalue weighted by Crippen LogP contribution is 2.50. The second kappa shape index (κ2) is 15.2. The molecule has 0 radical (unpaired) electrons. The van der Waals surface area contributed by atoms with Gasteiger partial charge in [0.15, 0.2) is 0 Å². The number of thiophene rings is 1. The van der Waals surface area contributed by atoms with E-state index in [2.05, 4.69) is 4.57 Å². The Bertz CT molecular complexity index is 4990. The third kappa shape index (κ3) is 6.24. The molecule has 13 rings (SSSR count). The highest BCUT2D eigenvalue weighted by Gasteiger charge is 2.25. The largest absolute Gasteiger partial charge is 0.310 e. The Morgan fingerprint density at radius 2 is 0.892 bits per heavy atom. The van der Waals surface area contributed by atoms with Crippen molar-refractivity contribution in [3.05, 3.63) is 242 Å². The first-order chi connectivity index (χ1) is 41.4. The lowest BCUT2D eigenvalue weighted by Crippen LogP contribution is -2.12. The monoisotopic (exact) mass is 866 g/mol. The van der Waals surface area contributed by atoms with Crippen molar-refractivity contribution in [3.63, 3.8) is 0 Å². The van der Waals surface area contributed by atoms with Crippen LogP contribution >= 0.6 is 11.3 Å². The Morgan fingerprint density at radius 3 is 1.49 bits per heavy atom. The molecule has 0 saturated heterocycles. The molecule has 0 aliphatic rings. The van der Waals surface area contributed by atoms with Crippen LogP contribution in [0.1, 0.15) is 30.2 Å². The van der Waals surface area contributed by atoms with Gasteiger partial charge >= 0.3 is 0 Å². The number of anilines is 3. The number of benzene rings is 11. The molecule has 0 unspecified atom stereocenters. The number of para-hydroxylation sites is 3. The highest BCUT2D eigenvalue weighted by atomic mass is 32.1. The minimum absolute atomic E-state index is 0.0145. The third-order valence-corrected chi connectivity index (χ3v) is 12.6. The van der Waals surface area contributed by atoms with E-state index in [9.17, 15) is 16.4 Å². The molecule has 304 valence electrons. The van der Waals surface area contributed by atoms with Gasteiger partial charge in [-0.05, 0) is 110 Å². The molecule has 2 heterocycles. The second-order valence-corrected chi connectivity index (χ2v) is 16.2. The van der Waals surface area contributed by atoms with Crippen molar-refractivity contribution in [2.75, 3.05) is 4.90 Å². The topological polar surface area (TPSA) is 8.17 Å². The molecule has 2 nitrogen and oxygen atoms in total. The minimum atomic E-state index is -0.930. The molecule has 3 heteroatoms. The van der Waals surface area contributed by atoms with Gasteiger partial charge in [-0.3, -0.25) is 0 Å². The van der Waals surface area contributed by atoms with E-state index < -0.39 is 188 Å². The van der Waals surface area contributed by atoms with Crippen LogP contribution < -0.4 is 4.90 Å². The molecule has 65 heavy (non-hydrogen) atoms. The molecule has 13 aromatic rings. The highest BCUT2D eigenvalue weighted by molar-refractivity contribution is 7.26. The van der Waals surface area contributed by atoms with Crippen molar-refractivity contribution in [1.82, 2.24) is 4.57 Å². The van der Waals surface area contributed by atoms with Crippen LogP contribution in [0.15, 0.2) is 242 Å². The standard InChI is InChI=1S/C62H40N2S/c1-3-15-45-39-47(27-25-41(45)13-1)43-29-33-49(34-30-43)63(50-35-31-44(32-36-50)48-28-26-42-14-2-4-16-46(42)40-48)59-38-37-54-53-19-8-12-24-60(53)65-62(54)61(59)55-20-7-11-23-58(55)64-56-21-9-5-17-51(56)52-18-6-10-22-57(52)64/h1-40H/i1D,2D,3D,4D,13D,14D,15D,16D,25D,26D,27D,28D,29D,30D,31D,32D,33D,34D,35D,36D,39D,40D. The summed E-state index contributed by atoms with van der Waals surface area (Å²) in [4.78, 5) is 1.07. The maximum atomic E-state index is 10.1. The summed E-state index contributed by atoms with van der Waals surface area (Å²) in [6.45, 7) is 0. The quantitative estimate of drug-likeness (QED) is 0.155. The van der Waals surface area contributed by atoms with Crippen molar-refractivity contribution in [2.24, 2.45) is 0 Å². The SMILES string of the molecule is [2H]c1c([2H])c(N(c2ccc3c(sc4ccccc43)c2-c2ccccc2-n2c3ccccc3c3ccccc32)c2c([2H])c([2H])c(-c3c([2H])c([2H])c4c([2H])c([2H])c([2H])c([2H])c4c3[2H])c([2H])c2[2H])c([2H])c([2H])c1-c1c([2H])c([2H])c2c([2H])c([2H])c([2H])c([2H])c2c1[2H]. The number of rotatable bonds is 7. The van der Waals surface area contributed by atoms with Crippen molar-refractivity contribution >= 4 is 91.9 Å².